The van der Waals surface area contributed by atoms with E-state index < -0.39 is 0 Å². The summed E-state index contributed by atoms with van der Waals surface area (Å²) in [6, 6.07) is 0. The van der Waals surface area contributed by atoms with Crippen molar-refractivity contribution in [3.63, 3.8) is 0 Å². The number of rotatable bonds is 5. The van der Waals surface area contributed by atoms with Crippen molar-refractivity contribution in [3.8, 4) is 0 Å². The monoisotopic (exact) mass is 412 g/mol. The number of allylic oxidation sites excluding steroid dienone is 1. The van der Waals surface area contributed by atoms with Gasteiger partial charge in [-0.15, -0.1) is 0 Å². The lowest BCUT2D eigenvalue weighted by Gasteiger charge is -2.57. The topological polar surface area (TPSA) is 34.1 Å². The fraction of sp³-hybridized carbons (Fsp3) is 0.857. The first kappa shape index (κ1) is 22.3. The molecule has 3 saturated carbocycles. The second kappa shape index (κ2) is 7.89. The van der Waals surface area contributed by atoms with Gasteiger partial charge in [0.25, 0.3) is 0 Å². The van der Waals surface area contributed by atoms with Gasteiger partial charge in [0.1, 0.15) is 0 Å². The van der Waals surface area contributed by atoms with Crippen LogP contribution in [-0.4, -0.2) is 11.6 Å². The van der Waals surface area contributed by atoms with E-state index in [1.807, 2.05) is 0 Å². The van der Waals surface area contributed by atoms with Gasteiger partial charge in [-0.2, -0.15) is 0 Å². The van der Waals surface area contributed by atoms with Crippen molar-refractivity contribution in [2.45, 2.75) is 99.3 Å². The Morgan fingerprint density at radius 2 is 1.70 bits per heavy atom. The van der Waals surface area contributed by atoms with Crippen molar-refractivity contribution in [2.24, 2.45) is 52.3 Å². The second-order valence-corrected chi connectivity index (χ2v) is 12.5. The third-order valence-corrected chi connectivity index (χ3v) is 10.8. The van der Waals surface area contributed by atoms with Gasteiger partial charge in [0.15, 0.2) is 11.6 Å². The first-order valence-corrected chi connectivity index (χ1v) is 12.9. The highest BCUT2D eigenvalue weighted by Crippen LogP contribution is 2.67. The molecule has 8 atom stereocenters. The highest BCUT2D eigenvalue weighted by molar-refractivity contribution is 6.05. The summed E-state index contributed by atoms with van der Waals surface area (Å²) in [5.74, 6) is 5.48. The molecule has 2 nitrogen and oxygen atoms in total. The Morgan fingerprint density at radius 3 is 2.40 bits per heavy atom. The van der Waals surface area contributed by atoms with Crippen molar-refractivity contribution in [1.29, 1.82) is 0 Å². The maximum atomic E-state index is 13.2. The largest absolute Gasteiger partial charge is 0.295 e. The first-order valence-electron chi connectivity index (χ1n) is 12.9. The highest BCUT2D eigenvalue weighted by Gasteiger charge is 2.61. The Labute approximate surface area is 184 Å². The summed E-state index contributed by atoms with van der Waals surface area (Å²) in [5.41, 5.74) is 1.24. The molecule has 0 radical (unpaired) electrons. The zero-order chi connectivity index (χ0) is 21.8. The fourth-order valence-electron chi connectivity index (χ4n) is 8.42. The molecular formula is C28H44O2. The van der Waals surface area contributed by atoms with Crippen LogP contribution in [0.15, 0.2) is 11.6 Å². The lowest BCUT2D eigenvalue weighted by atomic mass is 9.46. The normalized spacial score (nSPS) is 43.0. The minimum atomic E-state index is -0.0500. The van der Waals surface area contributed by atoms with Crippen LogP contribution in [0.25, 0.3) is 0 Å². The molecule has 0 heterocycles. The summed E-state index contributed by atoms with van der Waals surface area (Å²) in [4.78, 5) is 25.2. The van der Waals surface area contributed by atoms with Gasteiger partial charge in [-0.3, -0.25) is 9.59 Å². The Kier molecular flexibility index (Phi) is 5.86. The third-order valence-electron chi connectivity index (χ3n) is 10.8. The molecule has 0 aromatic carbocycles. The molecule has 4 rings (SSSR count). The summed E-state index contributed by atoms with van der Waals surface area (Å²) in [5, 5.41) is 0. The van der Waals surface area contributed by atoms with E-state index in [9.17, 15) is 9.59 Å². The number of carbonyl (C=O) groups is 2. The second-order valence-electron chi connectivity index (χ2n) is 12.5. The molecule has 0 aromatic rings. The lowest BCUT2D eigenvalue weighted by Crippen LogP contribution is -2.53. The van der Waals surface area contributed by atoms with Gasteiger partial charge in [-0.1, -0.05) is 54.4 Å². The number of Topliss-reactive ketones (excluding diaryl/α,β-unsaturated/α-hetero) is 1. The average molecular weight is 413 g/mol. The van der Waals surface area contributed by atoms with Crippen molar-refractivity contribution in [2.75, 3.05) is 0 Å². The van der Waals surface area contributed by atoms with Crippen molar-refractivity contribution in [3.05, 3.63) is 11.6 Å². The SMILES string of the molecule is CC(C)[C@H](C)CC[C@@H](C)C1CCC2C3CC(=O)C4=CC(=O)CC[C@]4(C)C3CC[C@@]21C. The quantitative estimate of drug-likeness (QED) is 0.486. The molecule has 30 heavy (non-hydrogen) atoms. The van der Waals surface area contributed by atoms with Crippen LogP contribution in [0.3, 0.4) is 0 Å². The molecule has 0 amide bonds. The summed E-state index contributed by atoms with van der Waals surface area (Å²) in [6.45, 7) is 14.5. The Morgan fingerprint density at radius 1 is 0.967 bits per heavy atom. The standard InChI is InChI=1S/C28H44O2/c1-17(2)18(3)7-8-19(4)22-9-10-23-21-16-26(30)25-15-20(29)11-13-28(25,6)24(21)12-14-27(22,23)5/h15,17-19,21-24H,7-14,16H2,1-6H3/t18-,19-,21?,22?,23?,24?,27-,28-/m1/s1. The van der Waals surface area contributed by atoms with Gasteiger partial charge in [0.05, 0.1) is 0 Å². The van der Waals surface area contributed by atoms with E-state index in [0.717, 1.165) is 35.7 Å². The Hall–Kier alpha value is -0.920. The van der Waals surface area contributed by atoms with E-state index in [2.05, 4.69) is 41.5 Å². The van der Waals surface area contributed by atoms with E-state index in [1.165, 1.54) is 38.5 Å². The predicted octanol–water partition coefficient (Wildman–Crippen LogP) is 7.02. The highest BCUT2D eigenvalue weighted by atomic mass is 16.1. The van der Waals surface area contributed by atoms with Crippen molar-refractivity contribution < 1.29 is 9.59 Å². The van der Waals surface area contributed by atoms with Gasteiger partial charge in [0.2, 0.25) is 0 Å². The van der Waals surface area contributed by atoms with Crippen LogP contribution in [0.1, 0.15) is 99.3 Å². The molecule has 3 fully saturated rings. The number of hydrogen-bond acceptors (Lipinski definition) is 2. The van der Waals surface area contributed by atoms with E-state index in [1.54, 1.807) is 6.08 Å². The van der Waals surface area contributed by atoms with Crippen LogP contribution in [0.5, 0.6) is 0 Å². The van der Waals surface area contributed by atoms with Crippen molar-refractivity contribution >= 4 is 11.6 Å². The molecule has 168 valence electrons. The molecule has 0 aromatic heterocycles. The van der Waals surface area contributed by atoms with E-state index in [0.29, 0.717) is 41.8 Å². The first-order chi connectivity index (χ1) is 14.1. The molecule has 0 N–H and O–H groups in total. The Bertz CT molecular complexity index is 733. The van der Waals surface area contributed by atoms with E-state index >= 15 is 0 Å². The van der Waals surface area contributed by atoms with Crippen LogP contribution < -0.4 is 0 Å². The predicted molar refractivity (Wildman–Crippen MR) is 123 cm³/mol. The van der Waals surface area contributed by atoms with Gasteiger partial charge >= 0.3 is 0 Å². The molecule has 4 aliphatic rings. The zero-order valence-corrected chi connectivity index (χ0v) is 20.3. The maximum absolute atomic E-state index is 13.2. The van der Waals surface area contributed by atoms with Crippen LogP contribution in [0.2, 0.25) is 0 Å². The minimum absolute atomic E-state index is 0.0500. The number of carbonyl (C=O) groups excluding carboxylic acids is 2. The van der Waals surface area contributed by atoms with Gasteiger partial charge in [-0.25, -0.2) is 0 Å². The molecule has 0 spiro atoms. The smallest absolute Gasteiger partial charge is 0.159 e. The van der Waals surface area contributed by atoms with Gasteiger partial charge < -0.3 is 0 Å². The minimum Gasteiger partial charge on any atom is -0.295 e. The third kappa shape index (κ3) is 3.45. The van der Waals surface area contributed by atoms with Gasteiger partial charge in [0, 0.05) is 18.4 Å². The molecule has 2 heteroatoms. The average Bonchev–Trinajstić information content (AvgIpc) is 3.04. The van der Waals surface area contributed by atoms with Crippen molar-refractivity contribution in [1.82, 2.24) is 0 Å². The number of ketones is 2. The number of hydrogen-bond donors (Lipinski definition) is 0. The number of fused-ring (bicyclic) bond motifs is 5. The molecular weight excluding hydrogens is 368 g/mol. The summed E-state index contributed by atoms with van der Waals surface area (Å²) in [6.07, 6.45) is 11.9. The molecule has 0 aliphatic heterocycles. The van der Waals surface area contributed by atoms with Crippen LogP contribution in [-0.2, 0) is 9.59 Å². The summed E-state index contributed by atoms with van der Waals surface area (Å²) in [7, 11) is 0. The maximum Gasteiger partial charge on any atom is 0.159 e. The Balaban J connectivity index is 1.53. The van der Waals surface area contributed by atoms with Gasteiger partial charge in [-0.05, 0) is 90.4 Å². The molecule has 4 unspecified atom stereocenters. The van der Waals surface area contributed by atoms with E-state index in [-0.39, 0.29) is 11.2 Å². The van der Waals surface area contributed by atoms with E-state index in [4.69, 9.17) is 0 Å². The summed E-state index contributed by atoms with van der Waals surface area (Å²) < 4.78 is 0. The molecule has 0 bridgehead atoms. The molecule has 0 saturated heterocycles. The van der Waals surface area contributed by atoms with Crippen LogP contribution >= 0.6 is 0 Å². The zero-order valence-electron chi connectivity index (χ0n) is 20.3. The lowest BCUT2D eigenvalue weighted by molar-refractivity contribution is -0.131. The summed E-state index contributed by atoms with van der Waals surface area (Å²) >= 11 is 0. The molecule has 4 aliphatic carbocycles. The van der Waals surface area contributed by atoms with Crippen LogP contribution in [0, 0.1) is 52.3 Å². The van der Waals surface area contributed by atoms with Crippen LogP contribution in [0.4, 0.5) is 0 Å². The fourth-order valence-corrected chi connectivity index (χ4v) is 8.42.